The number of methoxy groups -OCH3 is 2. The van der Waals surface area contributed by atoms with Crippen molar-refractivity contribution >= 4 is 12.0 Å². The molecular weight excluding hydrogens is 328 g/mol. The molecule has 0 saturated heterocycles. The molecule has 1 rings (SSSR count). The summed E-state index contributed by atoms with van der Waals surface area (Å²) in [4.78, 5) is 17.0. The van der Waals surface area contributed by atoms with Crippen LogP contribution < -0.4 is 9.47 Å². The first-order chi connectivity index (χ1) is 12.4. The lowest BCUT2D eigenvalue weighted by Gasteiger charge is -2.27. The fraction of sp³-hybridized carbons (Fsp3) is 0.571. The molecule has 5 nitrogen and oxygen atoms in total. The molecule has 146 valence electrons. The lowest BCUT2D eigenvalue weighted by Crippen LogP contribution is -2.39. The number of likely N-dealkylation sites (N-methyl/N-ethyl adjacent to an activating group) is 1. The number of hydrogen-bond acceptors (Lipinski definition) is 4. The van der Waals surface area contributed by atoms with Crippen molar-refractivity contribution in [3.63, 3.8) is 0 Å². The van der Waals surface area contributed by atoms with Gasteiger partial charge in [-0.25, -0.2) is 0 Å². The van der Waals surface area contributed by atoms with Crippen LogP contribution in [0.1, 0.15) is 33.3 Å². The molecule has 0 N–H and O–H groups in total. The molecule has 0 heterocycles. The number of amides is 1. The number of nitrogens with zero attached hydrogens (tertiary/aromatic N) is 2. The predicted molar refractivity (Wildman–Crippen MR) is 108 cm³/mol. The molecule has 5 heteroatoms. The third-order valence-electron chi connectivity index (χ3n) is 4.32. The van der Waals surface area contributed by atoms with Crippen LogP contribution in [0.5, 0.6) is 11.5 Å². The zero-order valence-corrected chi connectivity index (χ0v) is 17.1. The molecule has 0 aliphatic heterocycles. The number of ether oxygens (including phenoxy) is 2. The van der Waals surface area contributed by atoms with E-state index >= 15 is 0 Å². The van der Waals surface area contributed by atoms with Crippen LogP contribution >= 0.6 is 0 Å². The SMILES string of the molecule is CCN(CC)CCN(CC(C)C)C(=O)C=Cc1cc(OC)ccc1OC. The number of rotatable bonds is 11. The summed E-state index contributed by atoms with van der Waals surface area (Å²) >= 11 is 0. The first-order valence-electron chi connectivity index (χ1n) is 9.36. The first kappa shape index (κ1) is 22.0. The molecule has 0 aliphatic carbocycles. The largest absolute Gasteiger partial charge is 0.497 e. The lowest BCUT2D eigenvalue weighted by atomic mass is 10.1. The molecule has 0 atom stereocenters. The molecule has 0 radical (unpaired) electrons. The number of carbonyl (C=O) groups excluding carboxylic acids is 1. The van der Waals surface area contributed by atoms with Gasteiger partial charge in [-0.3, -0.25) is 4.79 Å². The van der Waals surface area contributed by atoms with Crippen LogP contribution in [0.4, 0.5) is 0 Å². The van der Waals surface area contributed by atoms with Crippen molar-refractivity contribution in [3.8, 4) is 11.5 Å². The van der Waals surface area contributed by atoms with E-state index in [9.17, 15) is 4.79 Å². The Kier molecular flexibility index (Phi) is 9.81. The van der Waals surface area contributed by atoms with Gasteiger partial charge in [0.15, 0.2) is 0 Å². The molecule has 0 fully saturated rings. The van der Waals surface area contributed by atoms with Crippen LogP contribution in [0.25, 0.3) is 6.08 Å². The fourth-order valence-electron chi connectivity index (χ4n) is 2.77. The fourth-order valence-corrected chi connectivity index (χ4v) is 2.77. The smallest absolute Gasteiger partial charge is 0.246 e. The standard InChI is InChI=1S/C21H34N2O3/c1-7-22(8-2)13-14-23(16-17(3)4)21(24)12-9-18-15-19(25-5)10-11-20(18)26-6/h9-12,15,17H,7-8,13-14,16H2,1-6H3. The van der Waals surface area contributed by atoms with Gasteiger partial charge in [-0.1, -0.05) is 27.7 Å². The van der Waals surface area contributed by atoms with Crippen LogP contribution in [-0.2, 0) is 4.79 Å². The van der Waals surface area contributed by atoms with Crippen molar-refractivity contribution in [1.82, 2.24) is 9.80 Å². The Morgan fingerprint density at radius 2 is 1.81 bits per heavy atom. The van der Waals surface area contributed by atoms with Gasteiger partial charge in [0.05, 0.1) is 14.2 Å². The molecule has 0 aromatic heterocycles. The third kappa shape index (κ3) is 7.08. The van der Waals surface area contributed by atoms with Gasteiger partial charge in [0.1, 0.15) is 11.5 Å². The van der Waals surface area contributed by atoms with Gasteiger partial charge in [0.25, 0.3) is 0 Å². The highest BCUT2D eigenvalue weighted by Gasteiger charge is 2.14. The van der Waals surface area contributed by atoms with Crippen LogP contribution in [0.2, 0.25) is 0 Å². The van der Waals surface area contributed by atoms with Crippen molar-refractivity contribution in [2.24, 2.45) is 5.92 Å². The highest BCUT2D eigenvalue weighted by Crippen LogP contribution is 2.25. The maximum Gasteiger partial charge on any atom is 0.246 e. The number of benzene rings is 1. The van der Waals surface area contributed by atoms with E-state index < -0.39 is 0 Å². The summed E-state index contributed by atoms with van der Waals surface area (Å²) in [5.41, 5.74) is 0.827. The minimum absolute atomic E-state index is 0.0238. The zero-order chi connectivity index (χ0) is 19.5. The topological polar surface area (TPSA) is 42.0 Å². The third-order valence-corrected chi connectivity index (χ3v) is 4.32. The molecule has 0 aliphatic rings. The van der Waals surface area contributed by atoms with E-state index in [0.717, 1.165) is 44.0 Å². The number of carbonyl (C=O) groups is 1. The van der Waals surface area contributed by atoms with Crippen molar-refractivity contribution < 1.29 is 14.3 Å². The lowest BCUT2D eigenvalue weighted by molar-refractivity contribution is -0.126. The molecule has 1 aromatic carbocycles. The van der Waals surface area contributed by atoms with E-state index in [1.165, 1.54) is 0 Å². The van der Waals surface area contributed by atoms with Gasteiger partial charge >= 0.3 is 0 Å². The van der Waals surface area contributed by atoms with Crippen LogP contribution in [-0.4, -0.2) is 62.7 Å². The Morgan fingerprint density at radius 1 is 1.12 bits per heavy atom. The quantitative estimate of drug-likeness (QED) is 0.565. The summed E-state index contributed by atoms with van der Waals surface area (Å²) in [6, 6.07) is 5.55. The van der Waals surface area contributed by atoms with Crippen molar-refractivity contribution in [2.45, 2.75) is 27.7 Å². The Balaban J connectivity index is 2.89. The second-order valence-electron chi connectivity index (χ2n) is 6.65. The Labute approximate surface area is 158 Å². The highest BCUT2D eigenvalue weighted by molar-refractivity contribution is 5.92. The minimum atomic E-state index is 0.0238. The molecule has 0 unspecified atom stereocenters. The summed E-state index contributed by atoms with van der Waals surface area (Å²) in [5, 5.41) is 0. The van der Waals surface area contributed by atoms with Crippen molar-refractivity contribution in [2.75, 3.05) is 46.9 Å². The Bertz CT molecular complexity index is 581. The summed E-state index contributed by atoms with van der Waals surface area (Å²) in [6.45, 7) is 12.9. The molecular formula is C21H34N2O3. The summed E-state index contributed by atoms with van der Waals surface area (Å²) in [5.74, 6) is 1.90. The molecule has 26 heavy (non-hydrogen) atoms. The van der Waals surface area contributed by atoms with Crippen LogP contribution in [0, 0.1) is 5.92 Å². The van der Waals surface area contributed by atoms with E-state index in [1.807, 2.05) is 23.1 Å². The molecule has 1 aromatic rings. The van der Waals surface area contributed by atoms with Crippen LogP contribution in [0.3, 0.4) is 0 Å². The van der Waals surface area contributed by atoms with E-state index in [2.05, 4.69) is 32.6 Å². The predicted octanol–water partition coefficient (Wildman–Crippen LogP) is 3.54. The van der Waals surface area contributed by atoms with Crippen molar-refractivity contribution in [3.05, 3.63) is 29.8 Å². The van der Waals surface area contributed by atoms with E-state index in [0.29, 0.717) is 11.7 Å². The average Bonchev–Trinajstić information content (AvgIpc) is 2.65. The van der Waals surface area contributed by atoms with Gasteiger partial charge in [-0.05, 0) is 43.3 Å². The molecule has 0 spiro atoms. The Hall–Kier alpha value is -2.01. The second-order valence-corrected chi connectivity index (χ2v) is 6.65. The molecule has 1 amide bonds. The Morgan fingerprint density at radius 3 is 2.35 bits per heavy atom. The first-order valence-corrected chi connectivity index (χ1v) is 9.36. The molecule has 0 bridgehead atoms. The monoisotopic (exact) mass is 362 g/mol. The molecule has 0 saturated carbocycles. The maximum atomic E-state index is 12.7. The summed E-state index contributed by atoms with van der Waals surface area (Å²) in [6.07, 6.45) is 3.43. The van der Waals surface area contributed by atoms with Gasteiger partial charge < -0.3 is 19.3 Å². The van der Waals surface area contributed by atoms with Crippen LogP contribution in [0.15, 0.2) is 24.3 Å². The van der Waals surface area contributed by atoms with Gasteiger partial charge in [-0.15, -0.1) is 0 Å². The highest BCUT2D eigenvalue weighted by atomic mass is 16.5. The van der Waals surface area contributed by atoms with Gasteiger partial charge in [0, 0.05) is 31.3 Å². The number of hydrogen-bond donors (Lipinski definition) is 0. The maximum absolute atomic E-state index is 12.7. The summed E-state index contributed by atoms with van der Waals surface area (Å²) < 4.78 is 10.6. The van der Waals surface area contributed by atoms with Gasteiger partial charge in [0.2, 0.25) is 5.91 Å². The zero-order valence-electron chi connectivity index (χ0n) is 17.1. The van der Waals surface area contributed by atoms with E-state index in [-0.39, 0.29) is 5.91 Å². The van der Waals surface area contributed by atoms with E-state index in [1.54, 1.807) is 26.4 Å². The normalized spacial score (nSPS) is 11.4. The average molecular weight is 363 g/mol. The van der Waals surface area contributed by atoms with Gasteiger partial charge in [-0.2, -0.15) is 0 Å². The minimum Gasteiger partial charge on any atom is -0.497 e. The van der Waals surface area contributed by atoms with E-state index in [4.69, 9.17) is 9.47 Å². The summed E-state index contributed by atoms with van der Waals surface area (Å²) in [7, 11) is 3.24. The van der Waals surface area contributed by atoms with Crippen molar-refractivity contribution in [1.29, 1.82) is 0 Å². The second kappa shape index (κ2) is 11.6.